The van der Waals surface area contributed by atoms with Crippen molar-refractivity contribution in [3.8, 4) is 16.9 Å². The van der Waals surface area contributed by atoms with Crippen LogP contribution in [-0.2, 0) is 0 Å². The molecule has 136 valence electrons. The van der Waals surface area contributed by atoms with E-state index in [1.54, 1.807) is 7.11 Å². The zero-order chi connectivity index (χ0) is 19.4. The number of halogens is 1. The zero-order valence-corrected chi connectivity index (χ0v) is 17.5. The molecule has 1 nitrogen and oxygen atoms in total. The van der Waals surface area contributed by atoms with Crippen LogP contribution < -0.4 is 4.74 Å². The Morgan fingerprint density at radius 3 is 2.37 bits per heavy atom. The molecule has 0 radical (unpaired) electrons. The second-order valence-corrected chi connectivity index (χ2v) is 7.35. The zero-order valence-electron chi connectivity index (χ0n) is 15.9. The summed E-state index contributed by atoms with van der Waals surface area (Å²) in [5, 5.41) is 0. The van der Waals surface area contributed by atoms with Gasteiger partial charge < -0.3 is 4.74 Å². The summed E-state index contributed by atoms with van der Waals surface area (Å²) < 4.78 is 6.54. The van der Waals surface area contributed by atoms with E-state index in [2.05, 4.69) is 97.0 Å². The summed E-state index contributed by atoms with van der Waals surface area (Å²) in [6, 6.07) is 21.1. The van der Waals surface area contributed by atoms with E-state index in [4.69, 9.17) is 4.74 Å². The van der Waals surface area contributed by atoms with E-state index in [0.29, 0.717) is 0 Å². The minimum absolute atomic E-state index is 0.825. The predicted octanol–water partition coefficient (Wildman–Crippen LogP) is 7.52. The molecule has 0 aliphatic rings. The van der Waals surface area contributed by atoms with E-state index in [-0.39, 0.29) is 0 Å². The van der Waals surface area contributed by atoms with Crippen molar-refractivity contribution < 1.29 is 4.74 Å². The van der Waals surface area contributed by atoms with Crippen molar-refractivity contribution >= 4 is 32.6 Å². The highest BCUT2D eigenvalue weighted by molar-refractivity contribution is 9.15. The minimum Gasteiger partial charge on any atom is -0.496 e. The van der Waals surface area contributed by atoms with Crippen LogP contribution in [0.3, 0.4) is 0 Å². The van der Waals surface area contributed by atoms with Gasteiger partial charge in [-0.15, -0.1) is 0 Å². The third-order valence-corrected chi connectivity index (χ3v) is 5.45. The first-order valence-corrected chi connectivity index (χ1v) is 9.68. The fourth-order valence-corrected chi connectivity index (χ4v) is 3.93. The number of methoxy groups -OCH3 is 1. The van der Waals surface area contributed by atoms with Gasteiger partial charge in [-0.05, 0) is 65.4 Å². The van der Waals surface area contributed by atoms with Crippen LogP contribution in [0.4, 0.5) is 0 Å². The molecule has 0 N–H and O–H groups in total. The van der Waals surface area contributed by atoms with Gasteiger partial charge in [-0.2, -0.15) is 0 Å². The number of benzene rings is 3. The van der Waals surface area contributed by atoms with Crippen LogP contribution >= 0.6 is 15.9 Å². The van der Waals surface area contributed by atoms with Gasteiger partial charge in [-0.1, -0.05) is 77.1 Å². The van der Waals surface area contributed by atoms with Crippen LogP contribution in [0.1, 0.15) is 27.8 Å². The lowest BCUT2D eigenvalue weighted by molar-refractivity contribution is 0.413. The third kappa shape index (κ3) is 4.06. The second-order valence-electron chi connectivity index (χ2n) is 6.49. The lowest BCUT2D eigenvalue weighted by atomic mass is 9.95. The van der Waals surface area contributed by atoms with Gasteiger partial charge in [0.05, 0.1) is 7.11 Å². The average Bonchev–Trinajstić information content (AvgIpc) is 2.69. The Hall–Kier alpha value is -2.58. The fraction of sp³-hybridized carbons (Fsp3) is 0.120. The summed E-state index contributed by atoms with van der Waals surface area (Å²) in [6.45, 7) is 8.14. The molecule has 2 heteroatoms. The van der Waals surface area contributed by atoms with Crippen molar-refractivity contribution in [1.82, 2.24) is 0 Å². The molecule has 0 amide bonds. The first kappa shape index (κ1) is 19.2. The van der Waals surface area contributed by atoms with E-state index in [9.17, 15) is 0 Å². The molecular weight excluding hydrogens is 396 g/mol. The smallest absolute Gasteiger partial charge is 0.126 e. The Balaban J connectivity index is 2.06. The summed E-state index contributed by atoms with van der Waals surface area (Å²) >= 11 is 3.78. The lowest BCUT2D eigenvalue weighted by Crippen LogP contribution is -1.93. The summed E-state index contributed by atoms with van der Waals surface area (Å²) in [6.07, 6.45) is 4.00. The van der Waals surface area contributed by atoms with Crippen LogP contribution in [0.5, 0.6) is 5.75 Å². The van der Waals surface area contributed by atoms with Gasteiger partial charge in [0.25, 0.3) is 0 Å². The summed E-state index contributed by atoms with van der Waals surface area (Å²) in [4.78, 5) is 0. The Morgan fingerprint density at radius 1 is 0.963 bits per heavy atom. The molecule has 0 aliphatic heterocycles. The molecule has 0 unspecified atom stereocenters. The first-order chi connectivity index (χ1) is 13.0. The van der Waals surface area contributed by atoms with Crippen molar-refractivity contribution in [2.45, 2.75) is 13.8 Å². The SMILES string of the molecule is C=Cc1cc(C)c(/C(Br)=C/c2cccc(-c3ccccc3)c2C)cc1OC. The average molecular weight is 419 g/mol. The number of hydrogen-bond acceptors (Lipinski definition) is 1. The predicted molar refractivity (Wildman–Crippen MR) is 121 cm³/mol. The molecule has 0 fully saturated rings. The molecule has 0 aromatic heterocycles. The maximum absolute atomic E-state index is 5.51. The first-order valence-electron chi connectivity index (χ1n) is 8.89. The Morgan fingerprint density at radius 2 is 1.70 bits per heavy atom. The molecule has 0 aliphatic carbocycles. The van der Waals surface area contributed by atoms with Crippen LogP contribution in [-0.4, -0.2) is 7.11 Å². The monoisotopic (exact) mass is 418 g/mol. The highest BCUT2D eigenvalue weighted by Gasteiger charge is 2.10. The van der Waals surface area contributed by atoms with Crippen molar-refractivity contribution in [2.75, 3.05) is 7.11 Å². The van der Waals surface area contributed by atoms with Crippen molar-refractivity contribution in [1.29, 1.82) is 0 Å². The van der Waals surface area contributed by atoms with Crippen molar-refractivity contribution in [3.63, 3.8) is 0 Å². The fourth-order valence-electron chi connectivity index (χ4n) is 3.26. The van der Waals surface area contributed by atoms with E-state index >= 15 is 0 Å². The van der Waals surface area contributed by atoms with E-state index < -0.39 is 0 Å². The van der Waals surface area contributed by atoms with Crippen molar-refractivity contribution in [2.24, 2.45) is 0 Å². The largest absolute Gasteiger partial charge is 0.496 e. The Labute approximate surface area is 170 Å². The Kier molecular flexibility index (Phi) is 5.98. The van der Waals surface area contributed by atoms with Gasteiger partial charge in [0.2, 0.25) is 0 Å². The highest BCUT2D eigenvalue weighted by atomic mass is 79.9. The summed E-state index contributed by atoms with van der Waals surface area (Å²) in [5.41, 5.74) is 8.21. The second kappa shape index (κ2) is 8.41. The number of ether oxygens (including phenoxy) is 1. The van der Waals surface area contributed by atoms with Crippen LogP contribution in [0.2, 0.25) is 0 Å². The molecule has 0 saturated carbocycles. The number of hydrogen-bond donors (Lipinski definition) is 0. The van der Waals surface area contributed by atoms with Crippen LogP contribution in [0.15, 0.2) is 67.2 Å². The molecule has 3 rings (SSSR count). The normalized spacial score (nSPS) is 11.3. The number of rotatable bonds is 5. The third-order valence-electron chi connectivity index (χ3n) is 4.80. The van der Waals surface area contributed by atoms with E-state index in [1.807, 2.05) is 12.1 Å². The van der Waals surface area contributed by atoms with Crippen LogP contribution in [0.25, 0.3) is 27.8 Å². The van der Waals surface area contributed by atoms with Gasteiger partial charge >= 0.3 is 0 Å². The van der Waals surface area contributed by atoms with Gasteiger partial charge in [0.15, 0.2) is 0 Å². The molecule has 0 atom stereocenters. The van der Waals surface area contributed by atoms with Gasteiger partial charge in [0.1, 0.15) is 5.75 Å². The molecule has 0 bridgehead atoms. The maximum Gasteiger partial charge on any atom is 0.126 e. The Bertz CT molecular complexity index is 1000. The van der Waals surface area contributed by atoms with Gasteiger partial charge in [-0.25, -0.2) is 0 Å². The summed E-state index contributed by atoms with van der Waals surface area (Å²) in [5.74, 6) is 0.825. The van der Waals surface area contributed by atoms with Gasteiger partial charge in [-0.3, -0.25) is 0 Å². The van der Waals surface area contributed by atoms with Crippen molar-refractivity contribution in [3.05, 3.63) is 95.1 Å². The minimum atomic E-state index is 0.825. The molecule has 0 spiro atoms. The maximum atomic E-state index is 5.51. The highest BCUT2D eigenvalue weighted by Crippen LogP contribution is 2.34. The quantitative estimate of drug-likeness (QED) is 0.389. The molecular formula is C25H23BrO. The molecule has 3 aromatic rings. The molecule has 3 aromatic carbocycles. The molecule has 27 heavy (non-hydrogen) atoms. The topological polar surface area (TPSA) is 9.23 Å². The van der Waals surface area contributed by atoms with E-state index in [0.717, 1.165) is 21.4 Å². The number of aryl methyl sites for hydroxylation is 1. The standard InChI is InChI=1S/C25H23BrO/c1-5-19-14-17(2)23(16-25(19)27-4)24(26)15-21-12-9-13-22(18(21)3)20-10-7-6-8-11-20/h5-16H,1H2,2-4H3/b24-15-. The van der Waals surface area contributed by atoms with Crippen LogP contribution in [0, 0.1) is 13.8 Å². The molecule has 0 heterocycles. The lowest BCUT2D eigenvalue weighted by Gasteiger charge is -2.13. The van der Waals surface area contributed by atoms with Gasteiger partial charge in [0, 0.05) is 10.0 Å². The van der Waals surface area contributed by atoms with E-state index in [1.165, 1.54) is 27.8 Å². The summed E-state index contributed by atoms with van der Waals surface area (Å²) in [7, 11) is 1.69. The molecule has 0 saturated heterocycles.